The number of benzene rings is 1. The van der Waals surface area contributed by atoms with E-state index in [2.05, 4.69) is 11.0 Å². The van der Waals surface area contributed by atoms with Crippen molar-refractivity contribution >= 4 is 11.6 Å². The van der Waals surface area contributed by atoms with Gasteiger partial charge < -0.3 is 19.3 Å². The van der Waals surface area contributed by atoms with E-state index in [1.807, 2.05) is 23.1 Å². The average Bonchev–Trinajstić information content (AvgIpc) is 2.62. The molecule has 2 heterocycles. The van der Waals surface area contributed by atoms with Crippen LogP contribution in [0.15, 0.2) is 24.3 Å². The maximum atomic E-state index is 13.0. The minimum atomic E-state index is -0.0279. The van der Waals surface area contributed by atoms with E-state index in [9.17, 15) is 4.79 Å². The highest BCUT2D eigenvalue weighted by Crippen LogP contribution is 2.25. The predicted molar refractivity (Wildman–Crippen MR) is 90.0 cm³/mol. The second kappa shape index (κ2) is 7.79. The van der Waals surface area contributed by atoms with E-state index in [0.717, 1.165) is 24.3 Å². The predicted octanol–water partition coefficient (Wildman–Crippen LogP) is 2.16. The van der Waals surface area contributed by atoms with Gasteiger partial charge in [0.25, 0.3) is 5.91 Å². The highest BCUT2D eigenvalue weighted by atomic mass is 16.5. The molecule has 1 atom stereocenters. The minimum absolute atomic E-state index is 0.0279. The molecule has 5 nitrogen and oxygen atoms in total. The van der Waals surface area contributed by atoms with Crippen molar-refractivity contribution in [2.45, 2.75) is 25.4 Å². The molecule has 0 spiro atoms. The largest absolute Gasteiger partial charge is 0.382 e. The zero-order valence-corrected chi connectivity index (χ0v) is 13.9. The summed E-state index contributed by atoms with van der Waals surface area (Å²) in [7, 11) is 1.66. The number of amides is 1. The molecule has 5 heteroatoms. The zero-order chi connectivity index (χ0) is 16.1. The number of carbonyl (C=O) groups excluding carboxylic acids is 1. The second-order valence-electron chi connectivity index (χ2n) is 6.26. The van der Waals surface area contributed by atoms with E-state index in [1.54, 1.807) is 7.11 Å². The summed E-state index contributed by atoms with van der Waals surface area (Å²) in [6.07, 6.45) is 3.67. The van der Waals surface area contributed by atoms with Gasteiger partial charge in [-0.25, -0.2) is 0 Å². The topological polar surface area (TPSA) is 42.0 Å². The molecule has 3 rings (SSSR count). The summed E-state index contributed by atoms with van der Waals surface area (Å²) in [5, 5.41) is 0. The Bertz CT molecular complexity index is 527. The lowest BCUT2D eigenvalue weighted by Crippen LogP contribution is -2.47. The summed E-state index contributed by atoms with van der Waals surface area (Å²) in [4.78, 5) is 17.3. The van der Waals surface area contributed by atoms with Crippen molar-refractivity contribution in [3.8, 4) is 0 Å². The van der Waals surface area contributed by atoms with Crippen molar-refractivity contribution in [2.24, 2.45) is 0 Å². The van der Waals surface area contributed by atoms with Gasteiger partial charge in [-0.15, -0.1) is 0 Å². The number of morpholine rings is 1. The average molecular weight is 318 g/mol. The molecule has 0 bridgehead atoms. The first-order valence-electron chi connectivity index (χ1n) is 8.53. The lowest BCUT2D eigenvalue weighted by Gasteiger charge is -2.35. The van der Waals surface area contributed by atoms with Gasteiger partial charge in [0.15, 0.2) is 0 Å². The molecule has 126 valence electrons. The van der Waals surface area contributed by atoms with Crippen LogP contribution >= 0.6 is 0 Å². The highest BCUT2D eigenvalue weighted by molar-refractivity contribution is 6.00. The third kappa shape index (κ3) is 3.85. The Morgan fingerprint density at radius 3 is 2.78 bits per heavy atom. The third-order valence-corrected chi connectivity index (χ3v) is 4.61. The van der Waals surface area contributed by atoms with E-state index >= 15 is 0 Å². The highest BCUT2D eigenvalue weighted by Gasteiger charge is 2.27. The van der Waals surface area contributed by atoms with Crippen LogP contribution in [-0.2, 0) is 9.47 Å². The summed E-state index contributed by atoms with van der Waals surface area (Å²) in [5.74, 6) is 0.107. The molecule has 0 aromatic heterocycles. The monoisotopic (exact) mass is 318 g/mol. The van der Waals surface area contributed by atoms with E-state index < -0.39 is 0 Å². The van der Waals surface area contributed by atoms with Crippen molar-refractivity contribution in [2.75, 3.05) is 51.4 Å². The Labute approximate surface area is 138 Å². The molecule has 0 radical (unpaired) electrons. The summed E-state index contributed by atoms with van der Waals surface area (Å²) < 4.78 is 10.8. The number of anilines is 1. The molecule has 1 aromatic carbocycles. The van der Waals surface area contributed by atoms with Crippen LogP contribution in [0, 0.1) is 0 Å². The SMILES string of the molecule is COCC1CN(C(=O)c2ccccc2N2CCCCC2)CCO1. The van der Waals surface area contributed by atoms with Gasteiger partial charge >= 0.3 is 0 Å². The van der Waals surface area contributed by atoms with Gasteiger partial charge in [-0.1, -0.05) is 12.1 Å². The molecular weight excluding hydrogens is 292 g/mol. The number of nitrogens with zero attached hydrogens (tertiary/aromatic N) is 2. The first-order chi connectivity index (χ1) is 11.3. The number of piperidine rings is 1. The molecule has 1 unspecified atom stereocenters. The molecule has 2 fully saturated rings. The summed E-state index contributed by atoms with van der Waals surface area (Å²) in [6, 6.07) is 8.00. The Morgan fingerprint density at radius 2 is 2.00 bits per heavy atom. The Balaban J connectivity index is 1.76. The van der Waals surface area contributed by atoms with Gasteiger partial charge in [0, 0.05) is 39.0 Å². The van der Waals surface area contributed by atoms with Gasteiger partial charge in [0.1, 0.15) is 0 Å². The van der Waals surface area contributed by atoms with Gasteiger partial charge in [0.05, 0.1) is 24.9 Å². The fourth-order valence-corrected chi connectivity index (χ4v) is 3.43. The van der Waals surface area contributed by atoms with Crippen LogP contribution in [0.1, 0.15) is 29.6 Å². The molecule has 23 heavy (non-hydrogen) atoms. The van der Waals surface area contributed by atoms with Gasteiger partial charge in [-0.3, -0.25) is 4.79 Å². The van der Waals surface area contributed by atoms with E-state index in [-0.39, 0.29) is 12.0 Å². The minimum Gasteiger partial charge on any atom is -0.382 e. The number of carbonyl (C=O) groups is 1. The first kappa shape index (κ1) is 16.3. The Hall–Kier alpha value is -1.59. The van der Waals surface area contributed by atoms with E-state index in [0.29, 0.717) is 26.3 Å². The van der Waals surface area contributed by atoms with Gasteiger partial charge in [-0.2, -0.15) is 0 Å². The molecule has 2 saturated heterocycles. The smallest absolute Gasteiger partial charge is 0.256 e. The molecule has 0 aliphatic carbocycles. The third-order valence-electron chi connectivity index (χ3n) is 4.61. The molecule has 2 aliphatic rings. The summed E-state index contributed by atoms with van der Waals surface area (Å²) >= 11 is 0. The van der Waals surface area contributed by atoms with Crippen molar-refractivity contribution in [3.05, 3.63) is 29.8 Å². The first-order valence-corrected chi connectivity index (χ1v) is 8.53. The molecule has 0 N–H and O–H groups in total. The lowest BCUT2D eigenvalue weighted by atomic mass is 10.1. The molecule has 1 amide bonds. The number of ether oxygens (including phenoxy) is 2. The Morgan fingerprint density at radius 1 is 1.22 bits per heavy atom. The fraction of sp³-hybridized carbons (Fsp3) is 0.611. The summed E-state index contributed by atoms with van der Waals surface area (Å²) in [6.45, 7) is 4.43. The summed E-state index contributed by atoms with van der Waals surface area (Å²) in [5.41, 5.74) is 1.89. The fourth-order valence-electron chi connectivity index (χ4n) is 3.43. The van der Waals surface area contributed by atoms with Crippen LogP contribution in [-0.4, -0.2) is 63.4 Å². The quantitative estimate of drug-likeness (QED) is 0.853. The Kier molecular flexibility index (Phi) is 5.51. The van der Waals surface area contributed by atoms with Crippen LogP contribution in [0.5, 0.6) is 0 Å². The number of hydrogen-bond acceptors (Lipinski definition) is 4. The lowest BCUT2D eigenvalue weighted by molar-refractivity contribution is -0.0531. The second-order valence-corrected chi connectivity index (χ2v) is 6.26. The number of hydrogen-bond donors (Lipinski definition) is 0. The maximum Gasteiger partial charge on any atom is 0.256 e. The molecule has 0 saturated carbocycles. The normalized spacial score (nSPS) is 22.2. The van der Waals surface area contributed by atoms with Crippen LogP contribution < -0.4 is 4.90 Å². The van der Waals surface area contributed by atoms with Crippen LogP contribution in [0.2, 0.25) is 0 Å². The molecular formula is C18H26N2O3. The molecule has 1 aromatic rings. The number of rotatable bonds is 4. The maximum absolute atomic E-state index is 13.0. The van der Waals surface area contributed by atoms with E-state index in [1.165, 1.54) is 19.3 Å². The van der Waals surface area contributed by atoms with Gasteiger partial charge in [-0.05, 0) is 31.4 Å². The van der Waals surface area contributed by atoms with Crippen molar-refractivity contribution < 1.29 is 14.3 Å². The van der Waals surface area contributed by atoms with Gasteiger partial charge in [0.2, 0.25) is 0 Å². The standard InChI is InChI=1S/C18H26N2O3/c1-22-14-15-13-20(11-12-23-15)18(21)16-7-3-4-8-17(16)19-9-5-2-6-10-19/h3-4,7-8,15H,2,5-6,9-14H2,1H3. The van der Waals surface area contributed by atoms with Crippen molar-refractivity contribution in [1.29, 1.82) is 0 Å². The number of para-hydroxylation sites is 1. The zero-order valence-electron chi connectivity index (χ0n) is 13.9. The molecule has 2 aliphatic heterocycles. The van der Waals surface area contributed by atoms with Crippen LogP contribution in [0.3, 0.4) is 0 Å². The van der Waals surface area contributed by atoms with Crippen molar-refractivity contribution in [1.82, 2.24) is 4.90 Å². The van der Waals surface area contributed by atoms with E-state index in [4.69, 9.17) is 9.47 Å². The van der Waals surface area contributed by atoms with Crippen LogP contribution in [0.4, 0.5) is 5.69 Å². The number of methoxy groups -OCH3 is 1. The van der Waals surface area contributed by atoms with Crippen molar-refractivity contribution in [3.63, 3.8) is 0 Å². The van der Waals surface area contributed by atoms with Crippen LogP contribution in [0.25, 0.3) is 0 Å².